The van der Waals surface area contributed by atoms with Gasteiger partial charge in [-0.25, -0.2) is 0 Å². The number of piperidine rings is 2. The lowest BCUT2D eigenvalue weighted by molar-refractivity contribution is -0.120. The van der Waals surface area contributed by atoms with Crippen molar-refractivity contribution >= 4 is 33.4 Å². The van der Waals surface area contributed by atoms with Crippen LogP contribution >= 0.6 is 11.6 Å². The lowest BCUT2D eigenvalue weighted by Gasteiger charge is -2.37. The van der Waals surface area contributed by atoms with Crippen LogP contribution in [0.4, 0.5) is 5.69 Å². The summed E-state index contributed by atoms with van der Waals surface area (Å²) in [4.78, 5) is 12.6. The Morgan fingerprint density at radius 2 is 1.88 bits per heavy atom. The molecule has 1 unspecified atom stereocenters. The zero-order chi connectivity index (χ0) is 18.7. The first-order valence-electron chi connectivity index (χ1n) is 9.18. The number of anilines is 1. The van der Waals surface area contributed by atoms with Gasteiger partial charge in [-0.2, -0.15) is 17.0 Å². The molecule has 8 heteroatoms. The zero-order valence-corrected chi connectivity index (χ0v) is 16.6. The second-order valence-corrected chi connectivity index (χ2v) is 9.65. The highest BCUT2D eigenvalue weighted by atomic mass is 35.5. The van der Waals surface area contributed by atoms with Crippen molar-refractivity contribution in [3.8, 4) is 0 Å². The van der Waals surface area contributed by atoms with Crippen molar-refractivity contribution in [1.82, 2.24) is 8.61 Å². The van der Waals surface area contributed by atoms with Crippen molar-refractivity contribution in [3.63, 3.8) is 0 Å². The molecule has 2 saturated heterocycles. The number of hydrogen-bond donors (Lipinski definition) is 1. The van der Waals surface area contributed by atoms with Crippen LogP contribution in [0.3, 0.4) is 0 Å². The highest BCUT2D eigenvalue weighted by Crippen LogP contribution is 2.26. The lowest BCUT2D eigenvalue weighted by Crippen LogP contribution is -2.51. The van der Waals surface area contributed by atoms with E-state index in [0.717, 1.165) is 12.8 Å². The molecule has 1 N–H and O–H groups in total. The van der Waals surface area contributed by atoms with Gasteiger partial charge in [0, 0.05) is 36.9 Å². The maximum atomic E-state index is 12.9. The number of carbonyl (C=O) groups excluding carboxylic acids is 1. The zero-order valence-electron chi connectivity index (χ0n) is 15.0. The maximum absolute atomic E-state index is 12.9. The number of carbonyl (C=O) groups is 1. The number of benzene rings is 1. The van der Waals surface area contributed by atoms with Gasteiger partial charge in [0.25, 0.3) is 10.2 Å². The molecular weight excluding hydrogens is 374 g/mol. The van der Waals surface area contributed by atoms with Crippen molar-refractivity contribution < 1.29 is 13.2 Å². The third-order valence-electron chi connectivity index (χ3n) is 5.24. The van der Waals surface area contributed by atoms with Gasteiger partial charge in [0.05, 0.1) is 5.92 Å². The minimum Gasteiger partial charge on any atom is -0.326 e. The van der Waals surface area contributed by atoms with Crippen LogP contribution < -0.4 is 5.32 Å². The average molecular weight is 400 g/mol. The largest absolute Gasteiger partial charge is 0.326 e. The van der Waals surface area contributed by atoms with Gasteiger partial charge in [-0.3, -0.25) is 4.79 Å². The number of nitrogens with one attached hydrogen (secondary N) is 1. The van der Waals surface area contributed by atoms with Gasteiger partial charge in [0.2, 0.25) is 5.91 Å². The normalized spacial score (nSPS) is 23.7. The summed E-state index contributed by atoms with van der Waals surface area (Å²) in [5, 5.41) is 3.40. The molecule has 0 saturated carbocycles. The molecule has 6 nitrogen and oxygen atoms in total. The topological polar surface area (TPSA) is 69.7 Å². The molecule has 0 spiro atoms. The van der Waals surface area contributed by atoms with E-state index in [2.05, 4.69) is 12.2 Å². The molecule has 0 aliphatic carbocycles. The summed E-state index contributed by atoms with van der Waals surface area (Å²) in [6.45, 7) is 4.01. The molecule has 1 aromatic rings. The highest BCUT2D eigenvalue weighted by molar-refractivity contribution is 7.86. The molecular formula is C18H26ClN3O3S. The van der Waals surface area contributed by atoms with E-state index >= 15 is 0 Å². The van der Waals surface area contributed by atoms with E-state index in [9.17, 15) is 13.2 Å². The second-order valence-electron chi connectivity index (χ2n) is 7.29. The number of rotatable bonds is 4. The molecule has 0 bridgehead atoms. The van der Waals surface area contributed by atoms with E-state index in [0.29, 0.717) is 49.1 Å². The van der Waals surface area contributed by atoms with Crippen LogP contribution in [-0.4, -0.2) is 49.1 Å². The van der Waals surface area contributed by atoms with Crippen molar-refractivity contribution in [3.05, 3.63) is 29.3 Å². The third kappa shape index (κ3) is 4.57. The van der Waals surface area contributed by atoms with Crippen LogP contribution in [0.15, 0.2) is 24.3 Å². The Morgan fingerprint density at radius 1 is 1.15 bits per heavy atom. The van der Waals surface area contributed by atoms with Crippen LogP contribution in [-0.2, 0) is 15.0 Å². The van der Waals surface area contributed by atoms with Gasteiger partial charge < -0.3 is 5.32 Å². The molecule has 0 radical (unpaired) electrons. The molecule has 1 aromatic carbocycles. The summed E-state index contributed by atoms with van der Waals surface area (Å²) in [7, 11) is -3.49. The number of hydrogen-bond acceptors (Lipinski definition) is 3. The minimum absolute atomic E-state index is 0.153. The smallest absolute Gasteiger partial charge is 0.281 e. The van der Waals surface area contributed by atoms with Gasteiger partial charge in [-0.15, -0.1) is 0 Å². The van der Waals surface area contributed by atoms with Gasteiger partial charge in [-0.1, -0.05) is 24.6 Å². The van der Waals surface area contributed by atoms with Crippen LogP contribution in [0, 0.1) is 11.8 Å². The summed E-state index contributed by atoms with van der Waals surface area (Å²) >= 11 is 5.95. The first kappa shape index (κ1) is 19.6. The quantitative estimate of drug-likeness (QED) is 0.846. The number of amides is 1. The SMILES string of the molecule is CC1CCN(S(=O)(=O)N2CCCC(C(=O)Nc3cccc(Cl)c3)C2)CC1. The summed E-state index contributed by atoms with van der Waals surface area (Å²) in [6.07, 6.45) is 3.17. The summed E-state index contributed by atoms with van der Waals surface area (Å²) in [5.74, 6) is 0.0692. The highest BCUT2D eigenvalue weighted by Gasteiger charge is 2.36. The lowest BCUT2D eigenvalue weighted by atomic mass is 9.99. The Kier molecular flexibility index (Phi) is 6.22. The first-order chi connectivity index (χ1) is 12.4. The van der Waals surface area contributed by atoms with Crippen molar-refractivity contribution in [2.45, 2.75) is 32.6 Å². The molecule has 2 heterocycles. The van der Waals surface area contributed by atoms with Crippen LogP contribution in [0.5, 0.6) is 0 Å². The number of nitrogens with zero attached hydrogens (tertiary/aromatic N) is 2. The van der Waals surface area contributed by atoms with Gasteiger partial charge >= 0.3 is 0 Å². The Balaban J connectivity index is 1.64. The standard InChI is InChI=1S/C18H26ClN3O3S/c1-14-7-10-21(11-8-14)26(24,25)22-9-3-4-15(13-22)18(23)20-17-6-2-5-16(19)12-17/h2,5-6,12,14-15H,3-4,7-11,13H2,1H3,(H,20,23). The van der Waals surface area contributed by atoms with Gasteiger partial charge in [-0.05, 0) is 49.8 Å². The van der Waals surface area contributed by atoms with E-state index in [4.69, 9.17) is 11.6 Å². The van der Waals surface area contributed by atoms with Crippen molar-refractivity contribution in [2.75, 3.05) is 31.5 Å². The van der Waals surface area contributed by atoms with Crippen molar-refractivity contribution in [2.24, 2.45) is 11.8 Å². The fraction of sp³-hybridized carbons (Fsp3) is 0.611. The Bertz CT molecular complexity index is 748. The number of halogens is 1. The molecule has 26 heavy (non-hydrogen) atoms. The summed E-state index contributed by atoms with van der Waals surface area (Å²) in [6, 6.07) is 6.97. The van der Waals surface area contributed by atoms with E-state index in [-0.39, 0.29) is 18.4 Å². The molecule has 144 valence electrons. The predicted octanol–water partition coefficient (Wildman–Crippen LogP) is 2.97. The first-order valence-corrected chi connectivity index (χ1v) is 11.0. The maximum Gasteiger partial charge on any atom is 0.281 e. The van der Waals surface area contributed by atoms with Gasteiger partial charge in [0.15, 0.2) is 0 Å². The molecule has 1 atom stereocenters. The van der Waals surface area contributed by atoms with E-state index in [1.54, 1.807) is 28.6 Å². The third-order valence-corrected chi connectivity index (χ3v) is 7.48. The van der Waals surface area contributed by atoms with Gasteiger partial charge in [0.1, 0.15) is 0 Å². The fourth-order valence-electron chi connectivity index (χ4n) is 3.56. The van der Waals surface area contributed by atoms with E-state index < -0.39 is 10.2 Å². The molecule has 2 aliphatic heterocycles. The predicted molar refractivity (Wildman–Crippen MR) is 103 cm³/mol. The van der Waals surface area contributed by atoms with Crippen LogP contribution in [0.25, 0.3) is 0 Å². The fourth-order valence-corrected chi connectivity index (χ4v) is 5.47. The van der Waals surface area contributed by atoms with Crippen molar-refractivity contribution in [1.29, 1.82) is 0 Å². The monoisotopic (exact) mass is 399 g/mol. The molecule has 1 amide bonds. The van der Waals surface area contributed by atoms with E-state index in [1.807, 2.05) is 0 Å². The van der Waals surface area contributed by atoms with Crippen LogP contribution in [0.2, 0.25) is 5.02 Å². The van der Waals surface area contributed by atoms with Crippen LogP contribution in [0.1, 0.15) is 32.6 Å². The molecule has 0 aromatic heterocycles. The summed E-state index contributed by atoms with van der Waals surface area (Å²) < 4.78 is 28.9. The second kappa shape index (κ2) is 8.25. The molecule has 3 rings (SSSR count). The Morgan fingerprint density at radius 3 is 2.58 bits per heavy atom. The van der Waals surface area contributed by atoms with E-state index in [1.165, 1.54) is 4.31 Å². The summed E-state index contributed by atoms with van der Waals surface area (Å²) in [5.41, 5.74) is 0.632. The minimum atomic E-state index is -3.49. The Labute approximate surface area is 160 Å². The molecule has 2 fully saturated rings. The Hall–Kier alpha value is -1.15. The molecule has 2 aliphatic rings. The average Bonchev–Trinajstić information content (AvgIpc) is 2.62.